The van der Waals surface area contributed by atoms with Crippen LogP contribution in [0.4, 0.5) is 8.78 Å². The molecule has 1 rings (SSSR count). The first-order chi connectivity index (χ1) is 7.60. The maximum atomic E-state index is 13.7. The highest BCUT2D eigenvalue weighted by Crippen LogP contribution is 2.25. The van der Waals surface area contributed by atoms with E-state index in [4.69, 9.17) is 0 Å². The van der Waals surface area contributed by atoms with Crippen molar-refractivity contribution in [1.82, 2.24) is 0 Å². The summed E-state index contributed by atoms with van der Waals surface area (Å²) in [7, 11) is 0. The Morgan fingerprint density at radius 2 is 2.00 bits per heavy atom. The minimum absolute atomic E-state index is 0.187. The molecule has 1 aromatic carbocycles. The molecule has 0 saturated carbocycles. The van der Waals surface area contributed by atoms with Gasteiger partial charge in [-0.1, -0.05) is 29.3 Å². The van der Waals surface area contributed by atoms with Crippen molar-refractivity contribution in [2.24, 2.45) is 5.92 Å². The van der Waals surface area contributed by atoms with Crippen LogP contribution in [0.5, 0.6) is 0 Å². The quantitative estimate of drug-likeness (QED) is 0.510. The zero-order valence-corrected chi connectivity index (χ0v) is 12.2. The molecule has 0 bridgehead atoms. The molecule has 4 heteroatoms. The van der Waals surface area contributed by atoms with Gasteiger partial charge in [-0.3, -0.25) is 0 Å². The molecule has 0 radical (unpaired) electrons. The lowest BCUT2D eigenvalue weighted by Gasteiger charge is -2.14. The van der Waals surface area contributed by atoms with Gasteiger partial charge in [0.25, 0.3) is 0 Å². The lowest BCUT2D eigenvalue weighted by molar-refractivity contribution is 0.485. The maximum Gasteiger partial charge on any atom is 0.143 e. The van der Waals surface area contributed by atoms with Crippen LogP contribution in [0.2, 0.25) is 0 Å². The van der Waals surface area contributed by atoms with E-state index >= 15 is 0 Å². The van der Waals surface area contributed by atoms with Gasteiger partial charge in [0.2, 0.25) is 0 Å². The molecule has 1 aromatic rings. The standard InChI is InChI=1S/C12H14Br2F2/c1-2-3-8(7-13)6-9-11(15)5-4-10(14)12(9)16/h4-5,8H,2-3,6-7H2,1H3. The number of hydrogen-bond acceptors (Lipinski definition) is 0. The topological polar surface area (TPSA) is 0 Å². The smallest absolute Gasteiger partial charge is 0.143 e. The molecular formula is C12H14Br2F2. The summed E-state index contributed by atoms with van der Waals surface area (Å²) in [4.78, 5) is 0. The van der Waals surface area contributed by atoms with E-state index in [-0.39, 0.29) is 11.5 Å². The van der Waals surface area contributed by atoms with Gasteiger partial charge >= 0.3 is 0 Å². The second kappa shape index (κ2) is 6.70. The van der Waals surface area contributed by atoms with Crippen molar-refractivity contribution in [1.29, 1.82) is 0 Å². The average Bonchev–Trinajstić information content (AvgIpc) is 2.28. The second-order valence-electron chi connectivity index (χ2n) is 3.83. The van der Waals surface area contributed by atoms with Gasteiger partial charge in [-0.2, -0.15) is 0 Å². The van der Waals surface area contributed by atoms with Crippen molar-refractivity contribution < 1.29 is 8.78 Å². The third-order valence-electron chi connectivity index (χ3n) is 2.55. The van der Waals surface area contributed by atoms with Crippen molar-refractivity contribution in [2.45, 2.75) is 26.2 Å². The molecule has 0 heterocycles. The normalized spacial score (nSPS) is 12.8. The SMILES string of the molecule is CCCC(CBr)Cc1c(F)ccc(Br)c1F. The summed E-state index contributed by atoms with van der Waals surface area (Å²) in [5.74, 6) is -0.645. The molecule has 1 atom stereocenters. The zero-order chi connectivity index (χ0) is 12.1. The molecule has 0 aliphatic heterocycles. The number of halogens is 4. The van der Waals surface area contributed by atoms with E-state index < -0.39 is 11.6 Å². The Morgan fingerprint density at radius 1 is 1.31 bits per heavy atom. The van der Waals surface area contributed by atoms with E-state index in [0.717, 1.165) is 18.2 Å². The molecule has 0 spiro atoms. The Bertz CT molecular complexity index is 353. The van der Waals surface area contributed by atoms with Gasteiger partial charge in [-0.15, -0.1) is 0 Å². The molecule has 0 aromatic heterocycles. The van der Waals surface area contributed by atoms with E-state index in [2.05, 4.69) is 38.8 Å². The van der Waals surface area contributed by atoms with Crippen molar-refractivity contribution in [2.75, 3.05) is 5.33 Å². The number of alkyl halides is 1. The average molecular weight is 356 g/mol. The highest BCUT2D eigenvalue weighted by molar-refractivity contribution is 9.10. The fraction of sp³-hybridized carbons (Fsp3) is 0.500. The predicted molar refractivity (Wildman–Crippen MR) is 70.0 cm³/mol. The predicted octanol–water partition coefficient (Wildman–Crippen LogP) is 5.08. The fourth-order valence-corrected chi connectivity index (χ4v) is 2.61. The largest absolute Gasteiger partial charge is 0.207 e. The molecule has 0 aliphatic rings. The lowest BCUT2D eigenvalue weighted by atomic mass is 9.96. The van der Waals surface area contributed by atoms with E-state index in [9.17, 15) is 8.78 Å². The number of rotatable bonds is 5. The van der Waals surface area contributed by atoms with Gasteiger partial charge in [0, 0.05) is 10.9 Å². The fourth-order valence-electron chi connectivity index (χ4n) is 1.69. The van der Waals surface area contributed by atoms with Crippen LogP contribution >= 0.6 is 31.9 Å². The third-order valence-corrected chi connectivity index (χ3v) is 4.07. The molecule has 0 aliphatic carbocycles. The van der Waals surface area contributed by atoms with Crippen LogP contribution in [0, 0.1) is 17.6 Å². The van der Waals surface area contributed by atoms with Gasteiger partial charge < -0.3 is 0 Å². The van der Waals surface area contributed by atoms with E-state index in [1.54, 1.807) is 0 Å². The van der Waals surface area contributed by atoms with Crippen LogP contribution in [-0.2, 0) is 6.42 Å². The van der Waals surface area contributed by atoms with Gasteiger partial charge in [-0.05, 0) is 46.8 Å². The summed E-state index contributed by atoms with van der Waals surface area (Å²) in [6.07, 6.45) is 2.43. The second-order valence-corrected chi connectivity index (χ2v) is 5.34. The monoisotopic (exact) mass is 354 g/mol. The highest BCUT2D eigenvalue weighted by Gasteiger charge is 2.16. The van der Waals surface area contributed by atoms with Crippen molar-refractivity contribution in [3.05, 3.63) is 33.8 Å². The van der Waals surface area contributed by atoms with E-state index in [0.29, 0.717) is 10.9 Å². The molecule has 0 amide bonds. The molecule has 90 valence electrons. The first-order valence-corrected chi connectivity index (χ1v) is 7.19. The molecule has 1 unspecified atom stereocenters. The Labute approximate surface area is 112 Å². The van der Waals surface area contributed by atoms with Crippen LogP contribution in [0.1, 0.15) is 25.3 Å². The molecule has 16 heavy (non-hydrogen) atoms. The minimum atomic E-state index is -0.470. The lowest BCUT2D eigenvalue weighted by Crippen LogP contribution is -2.09. The summed E-state index contributed by atoms with van der Waals surface area (Å²) in [6.45, 7) is 2.07. The maximum absolute atomic E-state index is 13.7. The van der Waals surface area contributed by atoms with Gasteiger partial charge in [0.15, 0.2) is 0 Å². The van der Waals surface area contributed by atoms with Crippen molar-refractivity contribution >= 4 is 31.9 Å². The zero-order valence-electron chi connectivity index (χ0n) is 9.07. The molecular weight excluding hydrogens is 342 g/mol. The summed E-state index contributed by atoms with van der Waals surface area (Å²) in [5.41, 5.74) is 0.187. The van der Waals surface area contributed by atoms with Crippen molar-refractivity contribution in [3.63, 3.8) is 0 Å². The summed E-state index contributed by atoms with van der Waals surface area (Å²) >= 11 is 6.46. The minimum Gasteiger partial charge on any atom is -0.207 e. The molecule has 0 saturated heterocycles. The molecule has 0 fully saturated rings. The summed E-state index contributed by atoms with van der Waals surface area (Å²) in [5, 5.41) is 0.770. The molecule has 0 N–H and O–H groups in total. The number of hydrogen-bond donors (Lipinski definition) is 0. The first kappa shape index (κ1) is 14.1. The van der Waals surface area contributed by atoms with Crippen LogP contribution in [0.15, 0.2) is 16.6 Å². The highest BCUT2D eigenvalue weighted by atomic mass is 79.9. The van der Waals surface area contributed by atoms with E-state index in [1.807, 2.05) is 0 Å². The third kappa shape index (κ3) is 3.52. The first-order valence-electron chi connectivity index (χ1n) is 5.28. The Morgan fingerprint density at radius 3 is 2.56 bits per heavy atom. The Kier molecular flexibility index (Phi) is 5.90. The van der Waals surface area contributed by atoms with Gasteiger partial charge in [-0.25, -0.2) is 8.78 Å². The molecule has 0 nitrogen and oxygen atoms in total. The van der Waals surface area contributed by atoms with Gasteiger partial charge in [0.05, 0.1) is 4.47 Å². The van der Waals surface area contributed by atoms with Crippen LogP contribution in [-0.4, -0.2) is 5.33 Å². The van der Waals surface area contributed by atoms with Crippen LogP contribution < -0.4 is 0 Å². The van der Waals surface area contributed by atoms with Gasteiger partial charge in [0.1, 0.15) is 11.6 Å². The van der Waals surface area contributed by atoms with Crippen molar-refractivity contribution in [3.8, 4) is 0 Å². The number of benzene rings is 1. The Balaban J connectivity index is 2.90. The summed E-state index contributed by atoms with van der Waals surface area (Å²) < 4.78 is 27.5. The summed E-state index contributed by atoms with van der Waals surface area (Å²) in [6, 6.07) is 2.71. The van der Waals surface area contributed by atoms with Crippen LogP contribution in [0.25, 0.3) is 0 Å². The Hall–Kier alpha value is 0.0400. The van der Waals surface area contributed by atoms with E-state index in [1.165, 1.54) is 12.1 Å². The van der Waals surface area contributed by atoms with Crippen LogP contribution in [0.3, 0.4) is 0 Å².